The zero-order valence-electron chi connectivity index (χ0n) is 12.7. The summed E-state index contributed by atoms with van der Waals surface area (Å²) in [6.45, 7) is 10.4. The van der Waals surface area contributed by atoms with Gasteiger partial charge in [-0.15, -0.1) is 0 Å². The van der Waals surface area contributed by atoms with Crippen molar-refractivity contribution in [2.24, 2.45) is 11.1 Å². The first-order valence-electron chi connectivity index (χ1n) is 6.80. The van der Waals surface area contributed by atoms with Gasteiger partial charge in [-0.2, -0.15) is 0 Å². The number of nitrogens with two attached hydrogens (primary N) is 1. The molecular weight excluding hydrogens is 236 g/mol. The van der Waals surface area contributed by atoms with Crippen molar-refractivity contribution < 1.29 is 4.79 Å². The largest absolute Gasteiger partial charge is 0.327 e. The van der Waals surface area contributed by atoms with E-state index in [-0.39, 0.29) is 17.4 Å². The molecule has 0 spiro atoms. The minimum atomic E-state index is -0.0919. The van der Waals surface area contributed by atoms with Gasteiger partial charge in [0.1, 0.15) is 0 Å². The number of rotatable bonds is 4. The second-order valence-electron chi connectivity index (χ2n) is 6.60. The number of aryl methyl sites for hydroxylation is 2. The van der Waals surface area contributed by atoms with Crippen molar-refractivity contribution in [2.45, 2.75) is 53.5 Å². The second kappa shape index (κ2) is 6.20. The summed E-state index contributed by atoms with van der Waals surface area (Å²) >= 11 is 0. The molecule has 1 amide bonds. The maximum Gasteiger partial charge on any atom is 0.225 e. The standard InChI is InChI=1S/C16H26N2O/c1-11-6-7-14(12(2)8-11)18-15(19)9-13(17)10-16(3,4)5/h6-8,13H,9-10,17H2,1-5H3,(H,18,19). The van der Waals surface area contributed by atoms with E-state index >= 15 is 0 Å². The fraction of sp³-hybridized carbons (Fsp3) is 0.562. The van der Waals surface area contributed by atoms with Gasteiger partial charge in [-0.05, 0) is 37.3 Å². The molecule has 1 aromatic rings. The quantitative estimate of drug-likeness (QED) is 0.873. The molecule has 0 saturated carbocycles. The van der Waals surface area contributed by atoms with E-state index in [1.165, 1.54) is 5.56 Å². The van der Waals surface area contributed by atoms with E-state index < -0.39 is 0 Å². The molecule has 1 rings (SSSR count). The summed E-state index contributed by atoms with van der Waals surface area (Å²) in [6.07, 6.45) is 1.21. The van der Waals surface area contributed by atoms with Gasteiger partial charge in [-0.25, -0.2) is 0 Å². The summed E-state index contributed by atoms with van der Waals surface area (Å²) < 4.78 is 0. The first-order chi connectivity index (χ1) is 8.67. The zero-order chi connectivity index (χ0) is 14.6. The number of nitrogens with one attached hydrogen (secondary N) is 1. The van der Waals surface area contributed by atoms with Crippen LogP contribution in [0.5, 0.6) is 0 Å². The first-order valence-corrected chi connectivity index (χ1v) is 6.80. The van der Waals surface area contributed by atoms with Crippen molar-refractivity contribution >= 4 is 11.6 Å². The summed E-state index contributed by atoms with van der Waals surface area (Å²) in [5.41, 5.74) is 9.32. The van der Waals surface area contributed by atoms with Crippen LogP contribution in [0, 0.1) is 19.3 Å². The van der Waals surface area contributed by atoms with E-state index in [0.29, 0.717) is 6.42 Å². The predicted octanol–water partition coefficient (Wildman–Crippen LogP) is 3.40. The topological polar surface area (TPSA) is 55.1 Å². The van der Waals surface area contributed by atoms with Crippen LogP contribution in [0.25, 0.3) is 0 Å². The minimum Gasteiger partial charge on any atom is -0.327 e. The van der Waals surface area contributed by atoms with Gasteiger partial charge in [0, 0.05) is 18.2 Å². The van der Waals surface area contributed by atoms with Crippen LogP contribution in [0.3, 0.4) is 0 Å². The summed E-state index contributed by atoms with van der Waals surface area (Å²) in [5.74, 6) is -0.0105. The molecule has 0 radical (unpaired) electrons. The van der Waals surface area contributed by atoms with Crippen molar-refractivity contribution in [1.82, 2.24) is 0 Å². The third-order valence-electron chi connectivity index (χ3n) is 2.98. The molecule has 3 heteroatoms. The Morgan fingerprint density at radius 1 is 1.32 bits per heavy atom. The van der Waals surface area contributed by atoms with Gasteiger partial charge in [0.15, 0.2) is 0 Å². The minimum absolute atomic E-state index is 0.0105. The molecule has 0 aliphatic rings. The third-order valence-corrected chi connectivity index (χ3v) is 2.98. The fourth-order valence-electron chi connectivity index (χ4n) is 2.25. The second-order valence-corrected chi connectivity index (χ2v) is 6.60. The molecule has 0 fully saturated rings. The lowest BCUT2D eigenvalue weighted by atomic mass is 9.87. The molecule has 19 heavy (non-hydrogen) atoms. The van der Waals surface area contributed by atoms with E-state index in [2.05, 4.69) is 32.2 Å². The number of amides is 1. The van der Waals surface area contributed by atoms with Crippen molar-refractivity contribution in [1.29, 1.82) is 0 Å². The number of carbonyl (C=O) groups is 1. The van der Waals surface area contributed by atoms with Crippen LogP contribution in [0.1, 0.15) is 44.7 Å². The van der Waals surface area contributed by atoms with Gasteiger partial charge in [-0.3, -0.25) is 4.79 Å². The maximum atomic E-state index is 12.0. The van der Waals surface area contributed by atoms with E-state index in [1.807, 2.05) is 26.0 Å². The Bertz CT molecular complexity index is 447. The Kier molecular flexibility index (Phi) is 5.12. The van der Waals surface area contributed by atoms with Gasteiger partial charge >= 0.3 is 0 Å². The summed E-state index contributed by atoms with van der Waals surface area (Å²) in [7, 11) is 0. The summed E-state index contributed by atoms with van der Waals surface area (Å²) in [5, 5.41) is 2.94. The van der Waals surface area contributed by atoms with E-state index in [1.54, 1.807) is 0 Å². The number of benzene rings is 1. The van der Waals surface area contributed by atoms with Gasteiger partial charge in [0.05, 0.1) is 0 Å². The lowest BCUT2D eigenvalue weighted by molar-refractivity contribution is -0.116. The Morgan fingerprint density at radius 2 is 1.95 bits per heavy atom. The molecule has 0 saturated heterocycles. The monoisotopic (exact) mass is 262 g/mol. The summed E-state index contributed by atoms with van der Waals surface area (Å²) in [4.78, 5) is 12.0. The Labute approximate surface area is 116 Å². The Balaban J connectivity index is 2.56. The molecule has 106 valence electrons. The molecule has 3 N–H and O–H groups in total. The van der Waals surface area contributed by atoms with Gasteiger partial charge in [0.25, 0.3) is 0 Å². The normalized spacial score (nSPS) is 13.2. The highest BCUT2D eigenvalue weighted by Crippen LogP contribution is 2.22. The van der Waals surface area contributed by atoms with Crippen LogP contribution in [-0.4, -0.2) is 11.9 Å². The smallest absolute Gasteiger partial charge is 0.225 e. The molecule has 0 aliphatic carbocycles. The lowest BCUT2D eigenvalue weighted by Gasteiger charge is -2.22. The van der Waals surface area contributed by atoms with Gasteiger partial charge < -0.3 is 11.1 Å². The van der Waals surface area contributed by atoms with Crippen molar-refractivity contribution in [2.75, 3.05) is 5.32 Å². The third kappa shape index (κ3) is 5.88. The predicted molar refractivity (Wildman–Crippen MR) is 81.2 cm³/mol. The summed E-state index contributed by atoms with van der Waals surface area (Å²) in [6, 6.07) is 5.91. The van der Waals surface area contributed by atoms with Crippen LogP contribution >= 0.6 is 0 Å². The number of hydrogen-bond donors (Lipinski definition) is 2. The molecule has 0 heterocycles. The average Bonchev–Trinajstić information content (AvgIpc) is 2.19. The zero-order valence-corrected chi connectivity index (χ0v) is 12.7. The Morgan fingerprint density at radius 3 is 2.47 bits per heavy atom. The highest BCUT2D eigenvalue weighted by atomic mass is 16.1. The molecule has 1 atom stereocenters. The van der Waals surface area contributed by atoms with E-state index in [4.69, 9.17) is 5.73 Å². The van der Waals surface area contributed by atoms with Crippen LogP contribution in [0.15, 0.2) is 18.2 Å². The van der Waals surface area contributed by atoms with E-state index in [0.717, 1.165) is 17.7 Å². The number of hydrogen-bond acceptors (Lipinski definition) is 2. The molecule has 0 bridgehead atoms. The van der Waals surface area contributed by atoms with Gasteiger partial charge in [-0.1, -0.05) is 38.5 Å². The van der Waals surface area contributed by atoms with Crippen LogP contribution < -0.4 is 11.1 Å². The highest BCUT2D eigenvalue weighted by Gasteiger charge is 2.18. The van der Waals surface area contributed by atoms with Crippen molar-refractivity contribution in [3.8, 4) is 0 Å². The van der Waals surface area contributed by atoms with Crippen LogP contribution in [0.4, 0.5) is 5.69 Å². The molecule has 1 aromatic carbocycles. The molecule has 0 aliphatic heterocycles. The SMILES string of the molecule is Cc1ccc(NC(=O)CC(N)CC(C)(C)C)c(C)c1. The molecular formula is C16H26N2O. The van der Waals surface area contributed by atoms with Crippen LogP contribution in [-0.2, 0) is 4.79 Å². The first kappa shape index (κ1) is 15.7. The van der Waals surface area contributed by atoms with E-state index in [9.17, 15) is 4.79 Å². The molecule has 3 nitrogen and oxygen atoms in total. The highest BCUT2D eigenvalue weighted by molar-refractivity contribution is 5.91. The van der Waals surface area contributed by atoms with Gasteiger partial charge in [0.2, 0.25) is 5.91 Å². The number of carbonyl (C=O) groups excluding carboxylic acids is 1. The Hall–Kier alpha value is -1.35. The van der Waals surface area contributed by atoms with Crippen molar-refractivity contribution in [3.63, 3.8) is 0 Å². The lowest BCUT2D eigenvalue weighted by Crippen LogP contribution is -2.31. The average molecular weight is 262 g/mol. The molecule has 1 unspecified atom stereocenters. The number of anilines is 1. The molecule has 0 aromatic heterocycles. The van der Waals surface area contributed by atoms with Crippen molar-refractivity contribution in [3.05, 3.63) is 29.3 Å². The fourth-order valence-corrected chi connectivity index (χ4v) is 2.25. The van der Waals surface area contributed by atoms with Crippen LogP contribution in [0.2, 0.25) is 0 Å². The maximum absolute atomic E-state index is 12.0.